The van der Waals surface area contributed by atoms with Crippen LogP contribution in [0.15, 0.2) is 48.8 Å². The predicted octanol–water partition coefficient (Wildman–Crippen LogP) is 1.94. The molecule has 1 aromatic carbocycles. The van der Waals surface area contributed by atoms with Gasteiger partial charge in [-0.2, -0.15) is 0 Å². The van der Waals surface area contributed by atoms with Gasteiger partial charge in [-0.25, -0.2) is 10.9 Å². The normalized spacial score (nSPS) is 21.2. The average Bonchev–Trinajstić information content (AvgIpc) is 3.00. The molecule has 0 bridgehead atoms. The number of carbonyl (C=O) groups is 1. The summed E-state index contributed by atoms with van der Waals surface area (Å²) < 4.78 is 0. The lowest BCUT2D eigenvalue weighted by molar-refractivity contribution is -0.117. The van der Waals surface area contributed by atoms with Crippen LogP contribution in [0.3, 0.4) is 0 Å². The smallest absolute Gasteiger partial charge is 0.242 e. The molecule has 2 aromatic rings. The van der Waals surface area contributed by atoms with Gasteiger partial charge in [0, 0.05) is 24.1 Å². The third kappa shape index (κ3) is 3.26. The Balaban J connectivity index is 1.61. The lowest BCUT2D eigenvalue weighted by atomic mass is 10.0. The zero-order chi connectivity index (χ0) is 14.7. The van der Waals surface area contributed by atoms with E-state index in [0.717, 1.165) is 11.3 Å². The van der Waals surface area contributed by atoms with Crippen molar-refractivity contribution in [3.8, 4) is 0 Å². The molecule has 1 aliphatic heterocycles. The Labute approximate surface area is 123 Å². The van der Waals surface area contributed by atoms with E-state index in [1.54, 1.807) is 12.4 Å². The Kier molecular flexibility index (Phi) is 3.94. The number of hydrogen-bond donors (Lipinski definition) is 3. The number of aromatic nitrogens is 1. The second-order valence-electron chi connectivity index (χ2n) is 5.27. The van der Waals surface area contributed by atoms with Crippen LogP contribution in [0.4, 0.5) is 5.69 Å². The summed E-state index contributed by atoms with van der Waals surface area (Å²) in [5.41, 5.74) is 9.33. The van der Waals surface area contributed by atoms with Gasteiger partial charge in [0.25, 0.3) is 0 Å². The summed E-state index contributed by atoms with van der Waals surface area (Å²) >= 11 is 0. The summed E-state index contributed by atoms with van der Waals surface area (Å²) in [5, 5.41) is 2.93. The van der Waals surface area contributed by atoms with Crippen molar-refractivity contribution in [3.63, 3.8) is 0 Å². The number of benzene rings is 1. The van der Waals surface area contributed by atoms with E-state index in [9.17, 15) is 4.79 Å². The summed E-state index contributed by atoms with van der Waals surface area (Å²) in [6.45, 7) is 2.02. The van der Waals surface area contributed by atoms with Crippen LogP contribution in [0, 0.1) is 6.92 Å². The van der Waals surface area contributed by atoms with Crippen LogP contribution in [-0.4, -0.2) is 16.9 Å². The third-order valence-electron chi connectivity index (χ3n) is 3.65. The molecule has 0 radical (unpaired) electrons. The number of nitrogens with one attached hydrogen (secondary N) is 3. The minimum Gasteiger partial charge on any atom is -0.325 e. The molecule has 1 amide bonds. The highest BCUT2D eigenvalue weighted by atomic mass is 16.2. The van der Waals surface area contributed by atoms with Gasteiger partial charge in [-0.3, -0.25) is 9.78 Å². The number of aryl methyl sites for hydroxylation is 1. The van der Waals surface area contributed by atoms with Crippen molar-refractivity contribution in [1.29, 1.82) is 0 Å². The molecule has 3 N–H and O–H groups in total. The van der Waals surface area contributed by atoms with Gasteiger partial charge in [-0.1, -0.05) is 17.7 Å². The van der Waals surface area contributed by atoms with Crippen LogP contribution < -0.4 is 16.2 Å². The number of nitrogens with zero attached hydrogens (tertiary/aromatic N) is 1. The maximum Gasteiger partial charge on any atom is 0.242 e. The van der Waals surface area contributed by atoms with Crippen molar-refractivity contribution in [1.82, 2.24) is 15.8 Å². The summed E-state index contributed by atoms with van der Waals surface area (Å²) in [6.07, 6.45) is 4.23. The molecule has 21 heavy (non-hydrogen) atoms. The second-order valence-corrected chi connectivity index (χ2v) is 5.27. The summed E-state index contributed by atoms with van der Waals surface area (Å²) in [4.78, 5) is 16.3. The Morgan fingerprint density at radius 2 is 1.86 bits per heavy atom. The fourth-order valence-corrected chi connectivity index (χ4v) is 2.41. The Hall–Kier alpha value is -2.24. The molecule has 5 nitrogen and oxygen atoms in total. The lowest BCUT2D eigenvalue weighted by Gasteiger charge is -2.11. The number of pyridine rings is 1. The number of rotatable bonds is 3. The average molecular weight is 282 g/mol. The van der Waals surface area contributed by atoms with Gasteiger partial charge in [0.2, 0.25) is 5.91 Å². The first-order valence-electron chi connectivity index (χ1n) is 7.01. The molecule has 108 valence electrons. The second kappa shape index (κ2) is 6.03. The minimum absolute atomic E-state index is 0.0251. The molecule has 5 heteroatoms. The van der Waals surface area contributed by atoms with E-state index in [2.05, 4.69) is 21.2 Å². The van der Waals surface area contributed by atoms with Crippen molar-refractivity contribution in [2.45, 2.75) is 25.4 Å². The molecule has 3 rings (SSSR count). The van der Waals surface area contributed by atoms with Gasteiger partial charge in [0.15, 0.2) is 0 Å². The molecule has 2 heterocycles. The van der Waals surface area contributed by atoms with E-state index in [1.165, 1.54) is 5.56 Å². The molecule has 1 fully saturated rings. The molecule has 1 saturated heterocycles. The first kappa shape index (κ1) is 13.7. The lowest BCUT2D eigenvalue weighted by Crippen LogP contribution is -2.39. The molecule has 1 aliphatic rings. The monoisotopic (exact) mass is 282 g/mol. The van der Waals surface area contributed by atoms with Crippen molar-refractivity contribution in [3.05, 3.63) is 59.9 Å². The Morgan fingerprint density at radius 1 is 1.14 bits per heavy atom. The van der Waals surface area contributed by atoms with E-state index >= 15 is 0 Å². The maximum atomic E-state index is 12.3. The van der Waals surface area contributed by atoms with Crippen LogP contribution in [-0.2, 0) is 4.79 Å². The van der Waals surface area contributed by atoms with E-state index in [1.807, 2.05) is 43.3 Å². The zero-order valence-electron chi connectivity index (χ0n) is 11.8. The van der Waals surface area contributed by atoms with Crippen molar-refractivity contribution in [2.24, 2.45) is 0 Å². The molecule has 0 saturated carbocycles. The highest BCUT2D eigenvalue weighted by Crippen LogP contribution is 2.22. The van der Waals surface area contributed by atoms with Gasteiger partial charge in [0.1, 0.15) is 6.04 Å². The topological polar surface area (TPSA) is 66.0 Å². The largest absolute Gasteiger partial charge is 0.325 e. The molecular weight excluding hydrogens is 264 g/mol. The van der Waals surface area contributed by atoms with Gasteiger partial charge in [0.05, 0.1) is 0 Å². The van der Waals surface area contributed by atoms with E-state index < -0.39 is 0 Å². The molecular formula is C16H18N4O. The molecule has 2 unspecified atom stereocenters. The van der Waals surface area contributed by atoms with Gasteiger partial charge >= 0.3 is 0 Å². The van der Waals surface area contributed by atoms with Crippen LogP contribution in [0.25, 0.3) is 0 Å². The molecule has 0 aliphatic carbocycles. The maximum absolute atomic E-state index is 12.3. The van der Waals surface area contributed by atoms with Crippen LogP contribution in [0.2, 0.25) is 0 Å². The van der Waals surface area contributed by atoms with Gasteiger partial charge in [-0.15, -0.1) is 0 Å². The highest BCUT2D eigenvalue weighted by molar-refractivity contribution is 5.95. The Bertz CT molecular complexity index is 612. The quantitative estimate of drug-likeness (QED) is 0.805. The fraction of sp³-hybridized carbons (Fsp3) is 0.250. The highest BCUT2D eigenvalue weighted by Gasteiger charge is 2.30. The SMILES string of the molecule is Cc1ccc(NC(=O)C2CC(c3ccncc3)NN2)cc1. The number of amides is 1. The Morgan fingerprint density at radius 3 is 2.57 bits per heavy atom. The fourth-order valence-electron chi connectivity index (χ4n) is 2.41. The third-order valence-corrected chi connectivity index (χ3v) is 3.65. The van der Waals surface area contributed by atoms with Crippen LogP contribution in [0.5, 0.6) is 0 Å². The van der Waals surface area contributed by atoms with Crippen LogP contribution >= 0.6 is 0 Å². The molecule has 2 atom stereocenters. The standard InChI is InChI=1S/C16H18N4O/c1-11-2-4-13(5-3-11)18-16(21)15-10-14(19-20-15)12-6-8-17-9-7-12/h2-9,14-15,19-20H,10H2,1H3,(H,18,21). The summed E-state index contributed by atoms with van der Waals surface area (Å²) in [5.74, 6) is -0.0251. The van der Waals surface area contributed by atoms with Crippen LogP contribution in [0.1, 0.15) is 23.6 Å². The minimum atomic E-state index is -0.246. The first-order valence-corrected chi connectivity index (χ1v) is 7.01. The first-order chi connectivity index (χ1) is 10.2. The predicted molar refractivity (Wildman–Crippen MR) is 81.5 cm³/mol. The van der Waals surface area contributed by atoms with Gasteiger partial charge in [-0.05, 0) is 43.2 Å². The summed E-state index contributed by atoms with van der Waals surface area (Å²) in [6, 6.07) is 11.6. The number of carbonyl (C=O) groups excluding carboxylic acids is 1. The zero-order valence-corrected chi connectivity index (χ0v) is 11.8. The van der Waals surface area contributed by atoms with E-state index in [-0.39, 0.29) is 18.0 Å². The number of anilines is 1. The van der Waals surface area contributed by atoms with E-state index in [0.29, 0.717) is 6.42 Å². The molecule has 0 spiro atoms. The number of hydrazine groups is 1. The van der Waals surface area contributed by atoms with Gasteiger partial charge < -0.3 is 5.32 Å². The van der Waals surface area contributed by atoms with Crippen molar-refractivity contribution >= 4 is 11.6 Å². The van der Waals surface area contributed by atoms with E-state index in [4.69, 9.17) is 0 Å². The van der Waals surface area contributed by atoms with Crippen molar-refractivity contribution in [2.75, 3.05) is 5.32 Å². The number of hydrogen-bond acceptors (Lipinski definition) is 4. The summed E-state index contributed by atoms with van der Waals surface area (Å²) in [7, 11) is 0. The van der Waals surface area contributed by atoms with Crippen molar-refractivity contribution < 1.29 is 4.79 Å². The molecule has 1 aromatic heterocycles.